The molecule has 0 saturated carbocycles. The Labute approximate surface area is 115 Å². The summed E-state index contributed by atoms with van der Waals surface area (Å²) in [5.41, 5.74) is 4.47. The second-order valence-corrected chi connectivity index (χ2v) is 4.57. The highest BCUT2D eigenvalue weighted by Gasteiger charge is 2.11. The summed E-state index contributed by atoms with van der Waals surface area (Å²) in [4.78, 5) is 11.0. The minimum absolute atomic E-state index is 0.546. The summed E-state index contributed by atoms with van der Waals surface area (Å²) in [5, 5.41) is 14.0. The van der Waals surface area contributed by atoms with Gasteiger partial charge in [-0.1, -0.05) is 12.1 Å². The van der Waals surface area contributed by atoms with E-state index in [0.29, 0.717) is 11.4 Å². The summed E-state index contributed by atoms with van der Waals surface area (Å²) < 4.78 is 2.04. The third-order valence-electron chi connectivity index (χ3n) is 3.31. The zero-order valence-electron chi connectivity index (χ0n) is 11.2. The number of nitrogens with one attached hydrogen (secondary N) is 1. The van der Waals surface area contributed by atoms with Crippen LogP contribution in [0.3, 0.4) is 0 Å². The molecule has 3 rings (SSSR count). The molecule has 0 aliphatic carbocycles. The van der Waals surface area contributed by atoms with Gasteiger partial charge in [0.2, 0.25) is 5.82 Å². The van der Waals surface area contributed by atoms with Gasteiger partial charge in [0.15, 0.2) is 6.29 Å². The first-order valence-electron chi connectivity index (χ1n) is 6.19. The molecule has 3 aromatic rings. The fourth-order valence-electron chi connectivity index (χ4n) is 2.37. The predicted octanol–water partition coefficient (Wildman–Crippen LogP) is 2.09. The summed E-state index contributed by atoms with van der Waals surface area (Å²) >= 11 is 0. The number of carbonyl (C=O) groups is 1. The first-order valence-corrected chi connectivity index (χ1v) is 6.19. The lowest BCUT2D eigenvalue weighted by molar-refractivity contribution is 0.112. The van der Waals surface area contributed by atoms with Crippen LogP contribution in [0.2, 0.25) is 0 Å². The second kappa shape index (κ2) is 4.73. The molecule has 0 atom stereocenters. The topological polar surface area (TPSA) is 76.5 Å². The van der Waals surface area contributed by atoms with Gasteiger partial charge in [-0.2, -0.15) is 5.21 Å². The number of carbonyl (C=O) groups excluding carboxylic acids is 1. The minimum Gasteiger partial charge on any atom is -0.318 e. The monoisotopic (exact) mass is 267 g/mol. The SMILES string of the molecule is Cc1cc(C=O)c(C)n1-c1cccc(-c2nn[nH]n2)c1. The maximum atomic E-state index is 11.0. The Morgan fingerprint density at radius 2 is 2.10 bits per heavy atom. The summed E-state index contributed by atoms with van der Waals surface area (Å²) in [7, 11) is 0. The smallest absolute Gasteiger partial charge is 0.204 e. The van der Waals surface area contributed by atoms with E-state index in [-0.39, 0.29) is 0 Å². The molecule has 0 unspecified atom stereocenters. The van der Waals surface area contributed by atoms with Crippen LogP contribution in [-0.4, -0.2) is 31.5 Å². The van der Waals surface area contributed by atoms with E-state index in [2.05, 4.69) is 20.6 Å². The van der Waals surface area contributed by atoms with Crippen LogP contribution in [0.1, 0.15) is 21.7 Å². The van der Waals surface area contributed by atoms with Crippen LogP contribution in [0.15, 0.2) is 30.3 Å². The fraction of sp³-hybridized carbons (Fsp3) is 0.143. The zero-order chi connectivity index (χ0) is 14.1. The molecule has 1 aromatic carbocycles. The van der Waals surface area contributed by atoms with Gasteiger partial charge in [0.05, 0.1) is 0 Å². The third-order valence-corrected chi connectivity index (χ3v) is 3.31. The van der Waals surface area contributed by atoms with Crippen molar-refractivity contribution in [2.75, 3.05) is 0 Å². The van der Waals surface area contributed by atoms with E-state index < -0.39 is 0 Å². The van der Waals surface area contributed by atoms with Gasteiger partial charge >= 0.3 is 0 Å². The van der Waals surface area contributed by atoms with Crippen molar-refractivity contribution in [2.45, 2.75) is 13.8 Å². The molecule has 0 aliphatic rings. The van der Waals surface area contributed by atoms with E-state index in [0.717, 1.165) is 28.9 Å². The summed E-state index contributed by atoms with van der Waals surface area (Å²) in [6.07, 6.45) is 0.877. The Balaban J connectivity index is 2.14. The Morgan fingerprint density at radius 1 is 1.25 bits per heavy atom. The lowest BCUT2D eigenvalue weighted by atomic mass is 10.2. The van der Waals surface area contributed by atoms with Gasteiger partial charge in [0.25, 0.3) is 0 Å². The number of benzene rings is 1. The molecule has 0 saturated heterocycles. The highest BCUT2D eigenvalue weighted by atomic mass is 16.1. The van der Waals surface area contributed by atoms with Gasteiger partial charge < -0.3 is 4.57 Å². The van der Waals surface area contributed by atoms with Crippen molar-refractivity contribution in [1.82, 2.24) is 25.2 Å². The molecule has 6 nitrogen and oxygen atoms in total. The van der Waals surface area contributed by atoms with Crippen LogP contribution >= 0.6 is 0 Å². The molecule has 0 amide bonds. The highest BCUT2D eigenvalue weighted by Crippen LogP contribution is 2.23. The average Bonchev–Trinajstić information content (AvgIpc) is 3.07. The molecular formula is C14H13N5O. The Hall–Kier alpha value is -2.76. The molecule has 2 aromatic heterocycles. The lowest BCUT2D eigenvalue weighted by Crippen LogP contribution is -2.00. The van der Waals surface area contributed by atoms with Crippen LogP contribution in [0.4, 0.5) is 0 Å². The number of aldehydes is 1. The normalized spacial score (nSPS) is 10.7. The van der Waals surface area contributed by atoms with Crippen molar-refractivity contribution in [1.29, 1.82) is 0 Å². The van der Waals surface area contributed by atoms with Crippen molar-refractivity contribution < 1.29 is 4.79 Å². The van der Waals surface area contributed by atoms with Crippen LogP contribution in [0.25, 0.3) is 17.1 Å². The molecule has 1 N–H and O–H groups in total. The van der Waals surface area contributed by atoms with Gasteiger partial charge in [-0.3, -0.25) is 4.79 Å². The summed E-state index contributed by atoms with van der Waals surface area (Å²) in [6.45, 7) is 3.90. The van der Waals surface area contributed by atoms with E-state index >= 15 is 0 Å². The lowest BCUT2D eigenvalue weighted by Gasteiger charge is -2.10. The Kier molecular flexibility index (Phi) is 2.90. The molecule has 0 aliphatic heterocycles. The molecule has 100 valence electrons. The molecule has 2 heterocycles. The molecule has 0 radical (unpaired) electrons. The van der Waals surface area contributed by atoms with Crippen molar-refractivity contribution >= 4 is 6.29 Å². The number of tetrazole rings is 1. The van der Waals surface area contributed by atoms with Gasteiger partial charge in [0.1, 0.15) is 0 Å². The third kappa shape index (κ3) is 1.91. The molecule has 0 bridgehead atoms. The standard InChI is InChI=1S/C14H13N5O/c1-9-6-12(8-20)10(2)19(9)13-5-3-4-11(7-13)14-15-17-18-16-14/h3-8H,1-2H3,(H,15,16,17,18). The van der Waals surface area contributed by atoms with Crippen LogP contribution in [0, 0.1) is 13.8 Å². The number of H-pyrrole nitrogens is 1. The number of aryl methyl sites for hydroxylation is 1. The van der Waals surface area contributed by atoms with Gasteiger partial charge in [-0.25, -0.2) is 0 Å². The predicted molar refractivity (Wildman–Crippen MR) is 73.8 cm³/mol. The molecule has 20 heavy (non-hydrogen) atoms. The zero-order valence-corrected chi connectivity index (χ0v) is 11.2. The second-order valence-electron chi connectivity index (χ2n) is 4.57. The fourth-order valence-corrected chi connectivity index (χ4v) is 2.37. The van der Waals surface area contributed by atoms with E-state index in [1.54, 1.807) is 0 Å². The number of aromatic amines is 1. The quantitative estimate of drug-likeness (QED) is 0.737. The maximum Gasteiger partial charge on any atom is 0.204 e. The molecule has 0 fully saturated rings. The highest BCUT2D eigenvalue weighted by molar-refractivity contribution is 5.78. The van der Waals surface area contributed by atoms with Gasteiger partial charge in [0, 0.05) is 28.2 Å². The largest absolute Gasteiger partial charge is 0.318 e. The molecule has 6 heteroatoms. The van der Waals surface area contributed by atoms with Crippen molar-refractivity contribution in [2.24, 2.45) is 0 Å². The van der Waals surface area contributed by atoms with E-state index in [4.69, 9.17) is 0 Å². The van der Waals surface area contributed by atoms with E-state index in [1.165, 1.54) is 0 Å². The van der Waals surface area contributed by atoms with Crippen molar-refractivity contribution in [3.8, 4) is 17.1 Å². The number of aromatic nitrogens is 5. The van der Waals surface area contributed by atoms with E-state index in [1.807, 2.05) is 48.7 Å². The minimum atomic E-state index is 0.546. The number of rotatable bonds is 3. The van der Waals surface area contributed by atoms with E-state index in [9.17, 15) is 4.79 Å². The van der Waals surface area contributed by atoms with Crippen molar-refractivity contribution in [3.05, 3.63) is 47.3 Å². The first-order chi connectivity index (χ1) is 9.70. The average molecular weight is 267 g/mol. The van der Waals surface area contributed by atoms with Crippen LogP contribution in [0.5, 0.6) is 0 Å². The van der Waals surface area contributed by atoms with Crippen LogP contribution < -0.4 is 0 Å². The van der Waals surface area contributed by atoms with Gasteiger partial charge in [-0.15, -0.1) is 10.2 Å². The summed E-state index contributed by atoms with van der Waals surface area (Å²) in [5.74, 6) is 0.546. The number of nitrogens with zero attached hydrogens (tertiary/aromatic N) is 4. The number of hydrogen-bond donors (Lipinski definition) is 1. The first kappa shape index (κ1) is 12.3. The summed E-state index contributed by atoms with van der Waals surface area (Å²) in [6, 6.07) is 9.69. The maximum absolute atomic E-state index is 11.0. The van der Waals surface area contributed by atoms with Gasteiger partial charge in [-0.05, 0) is 37.3 Å². The van der Waals surface area contributed by atoms with Crippen molar-refractivity contribution in [3.63, 3.8) is 0 Å². The number of hydrogen-bond acceptors (Lipinski definition) is 4. The molecule has 0 spiro atoms. The Morgan fingerprint density at radius 3 is 2.75 bits per heavy atom. The Bertz CT molecular complexity index is 758. The molecular weight excluding hydrogens is 254 g/mol. The van der Waals surface area contributed by atoms with Crippen LogP contribution in [-0.2, 0) is 0 Å².